The number of nitrogens with zero attached hydrogens (tertiary/aromatic N) is 1. The number of aliphatic hydroxyl groups is 1. The molecule has 0 aliphatic rings. The number of halogens is 36. The van der Waals surface area contributed by atoms with Gasteiger partial charge < -0.3 is 19.5 Å². The molecule has 65 heavy (non-hydrogen) atoms. The number of aliphatic hydroxyl groups excluding tert-OH is 1. The minimum atomic E-state index is -10.4. The molecule has 0 aromatic carbocycles. The maximum Gasteiger partial charge on any atom is 0.460 e. The maximum absolute atomic E-state index is 14.1. The van der Waals surface area contributed by atoms with Gasteiger partial charge >= 0.3 is 101 Å². The van der Waals surface area contributed by atoms with Crippen LogP contribution >= 0.6 is 0 Å². The van der Waals surface area contributed by atoms with Crippen LogP contribution in [0.15, 0.2) is 11.9 Å². The zero-order valence-electron chi connectivity index (χ0n) is 29.4. The summed E-state index contributed by atoms with van der Waals surface area (Å²) in [5, 5.41) is 20.0. The molecule has 1 atom stereocenters. The summed E-state index contributed by atoms with van der Waals surface area (Å²) in [6.07, 6.45) is -13.3. The van der Waals surface area contributed by atoms with Gasteiger partial charge in [0.25, 0.3) is 0 Å². The Morgan fingerprint density at radius 1 is 0.415 bits per heavy atom. The highest BCUT2D eigenvalue weighted by Crippen LogP contribution is 2.70. The number of allylic oxidation sites excluding steroid dienone is 1. The number of carbonyl (C=O) groups excluding carboxylic acids is 1. The molecule has 0 aliphatic heterocycles. The van der Waals surface area contributed by atoms with Crippen LogP contribution in [0.1, 0.15) is 0 Å². The first-order valence-electron chi connectivity index (χ1n) is 14.6. The third kappa shape index (κ3) is 8.07. The molecule has 0 rings (SSSR count). The fraction of sp³-hybridized carbons (Fsp3) is 0.880. The van der Waals surface area contributed by atoms with Crippen LogP contribution in [-0.2, 0) is 4.79 Å². The molecule has 40 heteroatoms. The molecule has 0 aliphatic carbocycles. The molecule has 388 valence electrons. The molecule has 1 N–H and O–H groups in total. The third-order valence-electron chi connectivity index (χ3n) is 8.15. The summed E-state index contributed by atoms with van der Waals surface area (Å²) in [6, 6.07) is 0. The van der Waals surface area contributed by atoms with Gasteiger partial charge in [-0.1, -0.05) is 0 Å². The highest BCUT2D eigenvalue weighted by molar-refractivity contribution is 5.65. The van der Waals surface area contributed by atoms with Crippen molar-refractivity contribution in [2.45, 2.75) is 107 Å². The van der Waals surface area contributed by atoms with E-state index in [1.54, 1.807) is 0 Å². The standard InChI is InChI=1S/C25H13F36NO3/c1-62(2,5-8(64)65)4-6(63)3-7(26)9(27,28)10(29,30)11(31,32)12(33,34)13(35,36)14(37,38)15(39,40)16(41,42)17(43,44)18(45,46)19(47,48)20(49,50)21(51,52)22(53,54)23(55,56)24(57,58)25(59,60)61/h3,6,63H,4-5H2,1-2H3. The first-order valence-corrected chi connectivity index (χ1v) is 14.6. The predicted molar refractivity (Wildman–Crippen MR) is 127 cm³/mol. The second-order valence-corrected chi connectivity index (χ2v) is 13.4. The van der Waals surface area contributed by atoms with Crippen LogP contribution < -0.4 is 5.11 Å². The number of alkyl halides is 35. The number of carbonyl (C=O) groups is 1. The molecular formula is C25H13F36NO3. The maximum atomic E-state index is 14.1. The number of likely N-dealkylation sites (N-methyl/N-ethyl adjacent to an activating group) is 1. The first kappa shape index (κ1) is 61.6. The quantitative estimate of drug-likeness (QED) is 0.0921. The SMILES string of the molecule is C[N+](C)(CC(=O)[O-])CC(O)C=C(F)C(F)(F)C(F)(F)C(F)(F)C(F)(F)C(F)(F)C(F)(F)C(F)(F)C(F)(F)C(F)(F)C(F)(F)C(F)(F)C(F)(F)C(F)(F)C(F)(F)C(F)(F)C(F)(F)C(F)(F)F. The van der Waals surface area contributed by atoms with Crippen molar-refractivity contribution in [1.82, 2.24) is 0 Å². The van der Waals surface area contributed by atoms with E-state index in [2.05, 4.69) is 0 Å². The molecule has 0 saturated carbocycles. The van der Waals surface area contributed by atoms with Crippen LogP contribution in [-0.4, -0.2) is 150 Å². The van der Waals surface area contributed by atoms with Gasteiger partial charge in [0.2, 0.25) is 0 Å². The van der Waals surface area contributed by atoms with Gasteiger partial charge in [-0.15, -0.1) is 0 Å². The number of aliphatic carboxylic acids is 1. The summed E-state index contributed by atoms with van der Waals surface area (Å²) in [5.74, 6) is -164. The molecular weight excluding hydrogens is 1050 g/mol. The van der Waals surface area contributed by atoms with Gasteiger partial charge in [-0.3, -0.25) is 0 Å². The first-order chi connectivity index (χ1) is 27.4. The van der Waals surface area contributed by atoms with Crippen molar-refractivity contribution < 1.29 is 178 Å². The Kier molecular flexibility index (Phi) is 15.0. The number of carboxylic acid groups (broad SMARTS) is 1. The van der Waals surface area contributed by atoms with E-state index in [9.17, 15) is 173 Å². The van der Waals surface area contributed by atoms with Gasteiger partial charge in [0.1, 0.15) is 19.2 Å². The van der Waals surface area contributed by atoms with E-state index < -0.39 is 142 Å². The lowest BCUT2D eigenvalue weighted by Gasteiger charge is -2.47. The summed E-state index contributed by atoms with van der Waals surface area (Å²) in [5.41, 5.74) is 0. The van der Waals surface area contributed by atoms with Gasteiger partial charge in [-0.05, 0) is 6.08 Å². The van der Waals surface area contributed by atoms with Crippen LogP contribution in [0.3, 0.4) is 0 Å². The van der Waals surface area contributed by atoms with Crippen LogP contribution in [0.25, 0.3) is 0 Å². The van der Waals surface area contributed by atoms with Crippen LogP contribution in [0.4, 0.5) is 158 Å². The normalized spacial score (nSPS) is 17.4. The number of hydrogen-bond acceptors (Lipinski definition) is 3. The van der Waals surface area contributed by atoms with E-state index in [0.717, 1.165) is 0 Å². The van der Waals surface area contributed by atoms with Gasteiger partial charge in [0, 0.05) is 0 Å². The van der Waals surface area contributed by atoms with Gasteiger partial charge in [-0.25, -0.2) is 4.39 Å². The Bertz CT molecular complexity index is 1770. The molecule has 0 heterocycles. The Hall–Kier alpha value is -3.39. The average Bonchev–Trinajstić information content (AvgIpc) is 3.05. The van der Waals surface area contributed by atoms with Crippen molar-refractivity contribution in [2.24, 2.45) is 0 Å². The fourth-order valence-corrected chi connectivity index (χ4v) is 4.34. The highest BCUT2D eigenvalue weighted by atomic mass is 19.4. The lowest BCUT2D eigenvalue weighted by molar-refractivity contribution is -0.887. The van der Waals surface area contributed by atoms with E-state index in [4.69, 9.17) is 0 Å². The number of quaternary nitrogens is 1. The second kappa shape index (κ2) is 15.8. The Labute approximate surface area is 330 Å². The van der Waals surface area contributed by atoms with E-state index in [0.29, 0.717) is 14.1 Å². The molecule has 0 fully saturated rings. The molecule has 0 saturated heterocycles. The Morgan fingerprint density at radius 2 is 0.600 bits per heavy atom. The number of rotatable bonds is 21. The van der Waals surface area contributed by atoms with Crippen molar-refractivity contribution in [3.63, 3.8) is 0 Å². The monoisotopic (exact) mass is 1060 g/mol. The summed E-state index contributed by atoms with van der Waals surface area (Å²) in [4.78, 5) is 10.6. The van der Waals surface area contributed by atoms with E-state index in [-0.39, 0.29) is 0 Å². The largest absolute Gasteiger partial charge is 0.544 e. The summed E-state index contributed by atoms with van der Waals surface area (Å²) < 4.78 is 493. The molecule has 1 unspecified atom stereocenters. The van der Waals surface area contributed by atoms with E-state index >= 15 is 0 Å². The Balaban J connectivity index is 7.75. The number of carboxylic acids is 1. The van der Waals surface area contributed by atoms with Crippen LogP contribution in [0.2, 0.25) is 0 Å². The lowest BCUT2D eigenvalue weighted by Crippen LogP contribution is -2.80. The molecule has 0 bridgehead atoms. The minimum absolute atomic E-state index is 0.590. The topological polar surface area (TPSA) is 60.4 Å². The third-order valence-corrected chi connectivity index (χ3v) is 8.15. The highest BCUT2D eigenvalue weighted by Gasteiger charge is 3.02. The van der Waals surface area contributed by atoms with Gasteiger partial charge in [-0.2, -0.15) is 154 Å². The van der Waals surface area contributed by atoms with Crippen molar-refractivity contribution in [3.8, 4) is 0 Å². The van der Waals surface area contributed by atoms with E-state index in [1.165, 1.54) is 0 Å². The van der Waals surface area contributed by atoms with Gasteiger partial charge in [0.15, 0.2) is 5.83 Å². The molecule has 0 aromatic rings. The second-order valence-electron chi connectivity index (χ2n) is 13.4. The number of hydrogen-bond donors (Lipinski definition) is 1. The van der Waals surface area contributed by atoms with E-state index in [1.807, 2.05) is 0 Å². The van der Waals surface area contributed by atoms with Crippen molar-refractivity contribution in [3.05, 3.63) is 11.9 Å². The summed E-state index contributed by atoms with van der Waals surface area (Å²) in [7, 11) is 1.18. The Morgan fingerprint density at radius 3 is 0.785 bits per heavy atom. The van der Waals surface area contributed by atoms with Crippen molar-refractivity contribution >= 4 is 5.97 Å². The zero-order valence-corrected chi connectivity index (χ0v) is 29.4. The summed E-state index contributed by atoms with van der Waals surface area (Å²) >= 11 is 0. The zero-order chi connectivity index (χ0) is 53.9. The average molecular weight is 1060 g/mol. The fourth-order valence-electron chi connectivity index (χ4n) is 4.34. The van der Waals surface area contributed by atoms with Crippen LogP contribution in [0.5, 0.6) is 0 Å². The molecule has 4 nitrogen and oxygen atoms in total. The molecule has 0 aromatic heterocycles. The molecule has 0 amide bonds. The van der Waals surface area contributed by atoms with Crippen molar-refractivity contribution in [2.75, 3.05) is 27.2 Å². The van der Waals surface area contributed by atoms with Crippen LogP contribution in [0, 0.1) is 0 Å². The molecule has 0 spiro atoms. The minimum Gasteiger partial charge on any atom is -0.544 e. The molecule has 0 radical (unpaired) electrons. The van der Waals surface area contributed by atoms with Crippen molar-refractivity contribution in [1.29, 1.82) is 0 Å². The smallest absolute Gasteiger partial charge is 0.460 e. The van der Waals surface area contributed by atoms with Gasteiger partial charge in [0.05, 0.1) is 20.1 Å². The summed E-state index contributed by atoms with van der Waals surface area (Å²) in [6.45, 7) is -2.98. The predicted octanol–water partition coefficient (Wildman–Crippen LogP) is 9.75. The lowest BCUT2D eigenvalue weighted by atomic mass is 9.82.